The highest BCUT2D eigenvalue weighted by Gasteiger charge is 2.20. The van der Waals surface area contributed by atoms with Gasteiger partial charge < -0.3 is 0 Å². The Labute approximate surface area is 188 Å². The van der Waals surface area contributed by atoms with Crippen molar-refractivity contribution in [2.45, 2.75) is 45.6 Å². The summed E-state index contributed by atoms with van der Waals surface area (Å²) in [6.07, 6.45) is 5.99. The van der Waals surface area contributed by atoms with Crippen molar-refractivity contribution in [2.24, 2.45) is 4.47 Å². The standard InChI is InChI=1S/C9H13N3O3S.C9H14N2OS.CH4.B/c1-7-4-5-9(6-10-7)8(2)16(3,15)11-12(13)14;1-7-4-5-9(6-11-7)8(2)13(3,10)12;;/h4-6,8H,1-3H3;4-6,8,10H,1-3H3;1H4;. The van der Waals surface area contributed by atoms with E-state index >= 15 is 0 Å². The Balaban J connectivity index is 0. The van der Waals surface area contributed by atoms with Crippen LogP contribution in [0.2, 0.25) is 0 Å². The summed E-state index contributed by atoms with van der Waals surface area (Å²) in [6.45, 7) is 7.17. The van der Waals surface area contributed by atoms with Gasteiger partial charge in [0.05, 0.1) is 10.5 Å². The molecule has 4 unspecified atom stereocenters. The molecule has 0 aliphatic carbocycles. The van der Waals surface area contributed by atoms with Crippen molar-refractivity contribution in [3.8, 4) is 0 Å². The fourth-order valence-electron chi connectivity index (χ4n) is 2.15. The molecule has 0 saturated carbocycles. The zero-order chi connectivity index (χ0) is 22.4. The Morgan fingerprint density at radius 2 is 1.35 bits per heavy atom. The smallest absolute Gasteiger partial charge is 0.199 e. The van der Waals surface area contributed by atoms with Crippen LogP contribution in [0.4, 0.5) is 0 Å². The Morgan fingerprint density at radius 3 is 1.65 bits per heavy atom. The molecule has 4 atom stereocenters. The molecule has 0 spiro atoms. The average Bonchev–Trinajstić information content (AvgIpc) is 2.60. The summed E-state index contributed by atoms with van der Waals surface area (Å²) in [5.41, 5.74) is 3.32. The summed E-state index contributed by atoms with van der Waals surface area (Å²) in [5.74, 6) is 0. The molecular formula is C19H31BN5O4S2. The first-order valence-corrected chi connectivity index (χ1v) is 12.7. The van der Waals surface area contributed by atoms with Gasteiger partial charge in [-0.3, -0.25) is 14.7 Å². The van der Waals surface area contributed by atoms with Crippen LogP contribution < -0.4 is 0 Å². The fourth-order valence-corrected chi connectivity index (χ4v) is 3.86. The van der Waals surface area contributed by atoms with Gasteiger partial charge in [-0.25, -0.2) is 18.5 Å². The SMILES string of the molecule is C.Cc1ccc(C(C)S(C)(=N)=O)cn1.Cc1ccc(C(C)S(C)(=O)=N[N+](=O)[O-])cn1.[B]. The number of nitro groups is 1. The van der Waals surface area contributed by atoms with E-state index in [1.165, 1.54) is 12.5 Å². The molecule has 2 aromatic heterocycles. The van der Waals surface area contributed by atoms with Crippen LogP contribution in [0, 0.1) is 28.7 Å². The maximum Gasteiger partial charge on any atom is 0.199 e. The summed E-state index contributed by atoms with van der Waals surface area (Å²) < 4.78 is 33.8. The molecule has 12 heteroatoms. The molecule has 9 nitrogen and oxygen atoms in total. The van der Waals surface area contributed by atoms with Gasteiger partial charge in [0.1, 0.15) is 14.2 Å². The summed E-state index contributed by atoms with van der Waals surface area (Å²) >= 11 is 0. The first kappa shape index (κ1) is 30.9. The van der Waals surface area contributed by atoms with Crippen LogP contribution >= 0.6 is 0 Å². The van der Waals surface area contributed by atoms with E-state index in [0.717, 1.165) is 17.0 Å². The second kappa shape index (κ2) is 12.5. The fraction of sp³-hybridized carbons (Fsp3) is 0.474. The average molecular weight is 468 g/mol. The van der Waals surface area contributed by atoms with Crippen molar-refractivity contribution in [1.29, 1.82) is 4.78 Å². The highest BCUT2D eigenvalue weighted by Crippen LogP contribution is 2.22. The molecule has 1 N–H and O–H groups in total. The third-order valence-corrected chi connectivity index (χ3v) is 8.03. The topological polar surface area (TPSA) is 139 Å². The Kier molecular flexibility index (Phi) is 12.4. The van der Waals surface area contributed by atoms with E-state index in [0.29, 0.717) is 5.56 Å². The zero-order valence-electron chi connectivity index (χ0n) is 17.9. The molecule has 0 saturated heterocycles. The van der Waals surface area contributed by atoms with E-state index in [9.17, 15) is 18.5 Å². The minimum Gasteiger partial charge on any atom is -0.261 e. The van der Waals surface area contributed by atoms with Crippen LogP contribution in [0.25, 0.3) is 0 Å². The van der Waals surface area contributed by atoms with Crippen molar-refractivity contribution in [3.63, 3.8) is 0 Å². The van der Waals surface area contributed by atoms with Gasteiger partial charge in [-0.1, -0.05) is 19.6 Å². The number of aromatic nitrogens is 2. The Bertz CT molecular complexity index is 1070. The Morgan fingerprint density at radius 1 is 0.968 bits per heavy atom. The monoisotopic (exact) mass is 468 g/mol. The number of hydrogen-bond donors (Lipinski definition) is 1. The first-order valence-electron chi connectivity index (χ1n) is 8.67. The molecule has 0 aliphatic heterocycles. The quantitative estimate of drug-likeness (QED) is 0.398. The molecule has 2 aromatic rings. The van der Waals surface area contributed by atoms with E-state index < -0.39 is 29.7 Å². The van der Waals surface area contributed by atoms with Gasteiger partial charge in [0.2, 0.25) is 0 Å². The third kappa shape index (κ3) is 10.0. The van der Waals surface area contributed by atoms with E-state index in [-0.39, 0.29) is 21.1 Å². The number of hydrogen-bond acceptors (Lipinski definition) is 7. The van der Waals surface area contributed by atoms with E-state index in [4.69, 9.17) is 4.78 Å². The van der Waals surface area contributed by atoms with Gasteiger partial charge in [0.25, 0.3) is 0 Å². The third-order valence-electron chi connectivity index (χ3n) is 4.37. The number of nitrogens with zero attached hydrogens (tertiary/aromatic N) is 4. The van der Waals surface area contributed by atoms with Gasteiger partial charge in [-0.15, -0.1) is 0 Å². The maximum atomic E-state index is 11.9. The second-order valence-corrected chi connectivity index (χ2v) is 11.9. The molecule has 0 bridgehead atoms. The zero-order valence-corrected chi connectivity index (χ0v) is 19.6. The summed E-state index contributed by atoms with van der Waals surface area (Å²) in [6, 6.07) is 7.28. The number of rotatable bonds is 5. The predicted octanol–water partition coefficient (Wildman–Crippen LogP) is 4.12. The van der Waals surface area contributed by atoms with Gasteiger partial charge in [0, 0.05) is 54.4 Å². The molecule has 31 heavy (non-hydrogen) atoms. The highest BCUT2D eigenvalue weighted by atomic mass is 32.2. The lowest BCUT2D eigenvalue weighted by Gasteiger charge is -2.11. The molecule has 171 valence electrons. The molecule has 0 amide bonds. The van der Waals surface area contributed by atoms with Crippen molar-refractivity contribution in [1.82, 2.24) is 9.97 Å². The van der Waals surface area contributed by atoms with Crippen molar-refractivity contribution < 1.29 is 13.5 Å². The maximum absolute atomic E-state index is 11.9. The lowest BCUT2D eigenvalue weighted by molar-refractivity contribution is -0.482. The van der Waals surface area contributed by atoms with E-state index in [1.54, 1.807) is 38.4 Å². The van der Waals surface area contributed by atoms with Crippen molar-refractivity contribution in [3.05, 3.63) is 69.3 Å². The first-order chi connectivity index (χ1) is 13.2. The lowest BCUT2D eigenvalue weighted by atomic mass is 10.2. The molecule has 2 heterocycles. The van der Waals surface area contributed by atoms with Crippen LogP contribution in [0.1, 0.15) is 54.3 Å². The molecular weight excluding hydrogens is 437 g/mol. The Hall–Kier alpha value is -2.34. The van der Waals surface area contributed by atoms with Gasteiger partial charge in [-0.2, -0.15) is 0 Å². The number of pyridine rings is 2. The second-order valence-electron chi connectivity index (χ2n) is 6.83. The summed E-state index contributed by atoms with van der Waals surface area (Å²) in [5, 5.41) is 8.57. The molecule has 3 radical (unpaired) electrons. The van der Waals surface area contributed by atoms with Gasteiger partial charge >= 0.3 is 0 Å². The minimum absolute atomic E-state index is 0. The molecule has 2 rings (SSSR count). The van der Waals surface area contributed by atoms with E-state index in [2.05, 4.69) is 14.4 Å². The molecule has 0 aromatic carbocycles. The largest absolute Gasteiger partial charge is 0.261 e. The number of aryl methyl sites for hydroxylation is 2. The van der Waals surface area contributed by atoms with Crippen LogP contribution in [0.5, 0.6) is 0 Å². The van der Waals surface area contributed by atoms with Crippen molar-refractivity contribution in [2.75, 3.05) is 12.5 Å². The lowest BCUT2D eigenvalue weighted by Crippen LogP contribution is -2.10. The highest BCUT2D eigenvalue weighted by molar-refractivity contribution is 7.93. The van der Waals surface area contributed by atoms with Crippen molar-refractivity contribution >= 4 is 27.9 Å². The van der Waals surface area contributed by atoms with Gasteiger partial charge in [-0.05, 0) is 51.0 Å². The summed E-state index contributed by atoms with van der Waals surface area (Å²) in [7, 11) is -5.40. The molecule has 0 fully saturated rings. The predicted molar refractivity (Wildman–Crippen MR) is 128 cm³/mol. The van der Waals surface area contributed by atoms with Crippen LogP contribution in [0.3, 0.4) is 0 Å². The summed E-state index contributed by atoms with van der Waals surface area (Å²) in [4.78, 5) is 18.4. The van der Waals surface area contributed by atoms with Gasteiger partial charge in [0.15, 0.2) is 5.03 Å². The van der Waals surface area contributed by atoms with Crippen LogP contribution in [-0.4, -0.2) is 44.3 Å². The van der Waals surface area contributed by atoms with E-state index in [1.807, 2.05) is 26.0 Å². The number of nitrogens with one attached hydrogen (secondary N) is 1. The van der Waals surface area contributed by atoms with Crippen LogP contribution in [0.15, 0.2) is 41.1 Å². The van der Waals surface area contributed by atoms with Crippen LogP contribution in [-0.2, 0) is 19.5 Å². The minimum atomic E-state index is -2.89. The molecule has 0 aliphatic rings. The normalized spacial score (nSPS) is 15.8.